The largest absolute Gasteiger partial charge is 0.462 e. The Bertz CT molecular complexity index is 1170. The van der Waals surface area contributed by atoms with E-state index in [9.17, 15) is 19.8 Å². The van der Waals surface area contributed by atoms with Crippen LogP contribution in [0.25, 0.3) is 0 Å². The molecule has 0 aliphatic carbocycles. The minimum absolute atomic E-state index is 0.0477. The lowest BCUT2D eigenvalue weighted by atomic mass is 10.0. The fourth-order valence-electron chi connectivity index (χ4n) is 7.82. The molecule has 0 saturated heterocycles. The van der Waals surface area contributed by atoms with Crippen LogP contribution in [0, 0.1) is 0 Å². The number of aliphatic hydroxyl groups excluding tert-OH is 2. The van der Waals surface area contributed by atoms with E-state index in [0.717, 1.165) is 77.0 Å². The smallest absolute Gasteiger partial charge is 0.306 e. The molecule has 0 aliphatic heterocycles. The number of unbranched alkanes of at least 4 members (excludes halogenated alkanes) is 26. The highest BCUT2D eigenvalue weighted by Crippen LogP contribution is 2.17. The number of nitrogens with one attached hydrogen (secondary N) is 1. The summed E-state index contributed by atoms with van der Waals surface area (Å²) < 4.78 is 5.92. The second kappa shape index (κ2) is 50.3. The van der Waals surface area contributed by atoms with Crippen molar-refractivity contribution in [1.82, 2.24) is 5.32 Å². The van der Waals surface area contributed by atoms with Crippen molar-refractivity contribution in [3.05, 3.63) is 72.9 Å². The Kier molecular flexibility index (Phi) is 48.1. The number of carbonyl (C=O) groups is 2. The van der Waals surface area contributed by atoms with Crippen LogP contribution in [0.2, 0.25) is 0 Å². The van der Waals surface area contributed by atoms with Crippen molar-refractivity contribution in [1.29, 1.82) is 0 Å². The molecule has 0 fully saturated rings. The average Bonchev–Trinajstić information content (AvgIpc) is 3.28. The molecule has 0 aromatic carbocycles. The molecule has 6 nitrogen and oxygen atoms in total. The minimum atomic E-state index is -0.801. The first-order chi connectivity index (χ1) is 31.0. The number of amides is 1. The summed E-state index contributed by atoms with van der Waals surface area (Å²) in [5.74, 6) is -0.517. The van der Waals surface area contributed by atoms with Gasteiger partial charge in [0.15, 0.2) is 0 Å². The van der Waals surface area contributed by atoms with E-state index in [1.165, 1.54) is 128 Å². The number of aliphatic hydroxyl groups is 2. The van der Waals surface area contributed by atoms with Crippen molar-refractivity contribution in [3.63, 3.8) is 0 Å². The zero-order valence-electron chi connectivity index (χ0n) is 41.4. The Balaban J connectivity index is 4.58. The minimum Gasteiger partial charge on any atom is -0.462 e. The van der Waals surface area contributed by atoms with E-state index in [1.54, 1.807) is 0 Å². The first kappa shape index (κ1) is 60.3. The van der Waals surface area contributed by atoms with Crippen molar-refractivity contribution in [2.75, 3.05) is 6.61 Å². The third-order valence-electron chi connectivity index (χ3n) is 11.9. The van der Waals surface area contributed by atoms with Crippen LogP contribution in [-0.2, 0) is 14.3 Å². The third kappa shape index (κ3) is 45.7. The molecular formula is C57H101NO5. The van der Waals surface area contributed by atoms with Gasteiger partial charge in [0.05, 0.1) is 25.2 Å². The highest BCUT2D eigenvalue weighted by molar-refractivity contribution is 5.77. The molecule has 63 heavy (non-hydrogen) atoms. The number of hydrogen-bond acceptors (Lipinski definition) is 5. The summed E-state index contributed by atoms with van der Waals surface area (Å²) in [4.78, 5) is 26.2. The van der Waals surface area contributed by atoms with Gasteiger partial charge in [-0.1, -0.05) is 235 Å². The Labute approximate surface area is 390 Å². The van der Waals surface area contributed by atoms with Gasteiger partial charge in [0.2, 0.25) is 5.91 Å². The second-order valence-electron chi connectivity index (χ2n) is 18.0. The van der Waals surface area contributed by atoms with Gasteiger partial charge in [0, 0.05) is 6.42 Å². The fraction of sp³-hybridized carbons (Fsp3) is 0.754. The van der Waals surface area contributed by atoms with Crippen LogP contribution in [0.3, 0.4) is 0 Å². The molecule has 0 aromatic rings. The van der Waals surface area contributed by atoms with Crippen LogP contribution < -0.4 is 5.32 Å². The van der Waals surface area contributed by atoms with Gasteiger partial charge >= 0.3 is 5.97 Å². The standard InChI is InChI=1S/C57H101NO5/c1-4-7-10-13-16-19-22-25-26-27-28-29-30-32-35-38-41-44-47-50-57(62)63-53(48-45-42-39-36-33-31-23-20-17-14-11-8-5-2)51-56(61)58-54(52-59)55(60)49-46-43-40-37-34-24-21-18-15-12-9-6-3/h8,11,14,16-17,19-20,23,25-26,31,33,53-55,59-60H,4-7,9-10,12-13,15,18,21-22,24,27-30,32,34-52H2,1-3H3,(H,58,61)/b11-8+,17-14+,19-16-,23-20+,26-25-,33-31-. The monoisotopic (exact) mass is 880 g/mol. The Morgan fingerprint density at radius 2 is 0.921 bits per heavy atom. The van der Waals surface area contributed by atoms with Crippen LogP contribution in [0.5, 0.6) is 0 Å². The number of esters is 1. The number of allylic oxidation sites excluding steroid dienone is 12. The quantitative estimate of drug-likeness (QED) is 0.0245. The molecule has 6 heteroatoms. The molecule has 0 spiro atoms. The second-order valence-corrected chi connectivity index (χ2v) is 18.0. The summed E-state index contributed by atoms with van der Waals surface area (Å²) in [5.41, 5.74) is 0. The van der Waals surface area contributed by atoms with Crippen molar-refractivity contribution < 1.29 is 24.5 Å². The molecule has 0 rings (SSSR count). The van der Waals surface area contributed by atoms with Crippen molar-refractivity contribution in [3.8, 4) is 0 Å². The molecule has 3 unspecified atom stereocenters. The normalized spacial score (nSPS) is 13.8. The van der Waals surface area contributed by atoms with Gasteiger partial charge in [-0.3, -0.25) is 9.59 Å². The molecule has 364 valence electrons. The fourth-order valence-corrected chi connectivity index (χ4v) is 7.82. The van der Waals surface area contributed by atoms with Gasteiger partial charge in [-0.15, -0.1) is 0 Å². The van der Waals surface area contributed by atoms with Gasteiger partial charge in [-0.25, -0.2) is 0 Å². The summed E-state index contributed by atoms with van der Waals surface area (Å²) in [6, 6.07) is -0.717. The SMILES string of the molecule is CC/C=C/C=C/C=C/C=C\CCCCCC(CC(=O)NC(CO)C(O)CCCCCCCCCCCCCC)OC(=O)CCCCCCCCCCC/C=C\C/C=C\CCCCC. The van der Waals surface area contributed by atoms with Crippen molar-refractivity contribution in [2.45, 2.75) is 270 Å². The maximum atomic E-state index is 13.2. The lowest BCUT2D eigenvalue weighted by Crippen LogP contribution is -2.46. The molecule has 0 aliphatic rings. The van der Waals surface area contributed by atoms with Gasteiger partial charge in [-0.05, 0) is 77.0 Å². The number of ether oxygens (including phenoxy) is 1. The summed E-state index contributed by atoms with van der Waals surface area (Å²) in [7, 11) is 0. The third-order valence-corrected chi connectivity index (χ3v) is 11.9. The Hall–Kier alpha value is -2.70. The topological polar surface area (TPSA) is 95.9 Å². The highest BCUT2D eigenvalue weighted by atomic mass is 16.5. The zero-order chi connectivity index (χ0) is 45.9. The first-order valence-electron chi connectivity index (χ1n) is 26.7. The van der Waals surface area contributed by atoms with E-state index >= 15 is 0 Å². The maximum absolute atomic E-state index is 13.2. The van der Waals surface area contributed by atoms with E-state index in [1.807, 2.05) is 24.3 Å². The molecule has 3 N–H and O–H groups in total. The van der Waals surface area contributed by atoms with Crippen LogP contribution in [0.15, 0.2) is 72.9 Å². The summed E-state index contributed by atoms with van der Waals surface area (Å²) in [6.07, 6.45) is 63.9. The van der Waals surface area contributed by atoms with Crippen molar-refractivity contribution in [2.24, 2.45) is 0 Å². The Morgan fingerprint density at radius 1 is 0.492 bits per heavy atom. The van der Waals surface area contributed by atoms with E-state index in [2.05, 4.69) is 74.7 Å². The maximum Gasteiger partial charge on any atom is 0.306 e. The molecule has 3 atom stereocenters. The lowest BCUT2D eigenvalue weighted by Gasteiger charge is -2.24. The van der Waals surface area contributed by atoms with Crippen LogP contribution in [0.1, 0.15) is 252 Å². The van der Waals surface area contributed by atoms with E-state index < -0.39 is 18.2 Å². The van der Waals surface area contributed by atoms with Crippen LogP contribution >= 0.6 is 0 Å². The first-order valence-corrected chi connectivity index (χ1v) is 26.7. The summed E-state index contributed by atoms with van der Waals surface area (Å²) in [5, 5.41) is 23.8. The van der Waals surface area contributed by atoms with Crippen molar-refractivity contribution >= 4 is 11.9 Å². The number of hydrogen-bond donors (Lipinski definition) is 3. The zero-order valence-corrected chi connectivity index (χ0v) is 41.4. The predicted octanol–water partition coefficient (Wildman–Crippen LogP) is 16.2. The predicted molar refractivity (Wildman–Crippen MR) is 273 cm³/mol. The summed E-state index contributed by atoms with van der Waals surface area (Å²) >= 11 is 0. The van der Waals surface area contributed by atoms with Gasteiger partial charge < -0.3 is 20.3 Å². The molecule has 0 radical (unpaired) electrons. The number of carbonyl (C=O) groups excluding carboxylic acids is 2. The van der Waals surface area contributed by atoms with E-state index in [0.29, 0.717) is 19.3 Å². The summed E-state index contributed by atoms with van der Waals surface area (Å²) in [6.45, 7) is 6.31. The molecule has 0 aromatic heterocycles. The molecular weight excluding hydrogens is 779 g/mol. The lowest BCUT2D eigenvalue weighted by molar-refractivity contribution is -0.151. The van der Waals surface area contributed by atoms with E-state index in [-0.39, 0.29) is 24.9 Å². The van der Waals surface area contributed by atoms with Crippen LogP contribution in [0.4, 0.5) is 0 Å². The van der Waals surface area contributed by atoms with E-state index in [4.69, 9.17) is 4.74 Å². The molecule has 0 bridgehead atoms. The van der Waals surface area contributed by atoms with Gasteiger partial charge in [0.1, 0.15) is 6.10 Å². The molecule has 1 amide bonds. The van der Waals surface area contributed by atoms with Gasteiger partial charge in [-0.2, -0.15) is 0 Å². The molecule has 0 heterocycles. The van der Waals surface area contributed by atoms with Crippen LogP contribution in [-0.4, -0.2) is 46.9 Å². The van der Waals surface area contributed by atoms with Gasteiger partial charge in [0.25, 0.3) is 0 Å². The Morgan fingerprint density at radius 3 is 1.48 bits per heavy atom. The number of rotatable bonds is 47. The molecule has 0 saturated carbocycles. The highest BCUT2D eigenvalue weighted by Gasteiger charge is 2.24. The average molecular weight is 880 g/mol.